The monoisotopic (exact) mass is 218 g/mol. The number of rotatable bonds is 5. The predicted octanol–water partition coefficient (Wildman–Crippen LogP) is -0.480. The van der Waals surface area contributed by atoms with Gasteiger partial charge in [-0.05, 0) is 18.4 Å². The van der Waals surface area contributed by atoms with Gasteiger partial charge in [0.25, 0.3) is 0 Å². The van der Waals surface area contributed by atoms with E-state index < -0.39 is 18.2 Å². The molecule has 0 aliphatic carbocycles. The Morgan fingerprint density at radius 2 is 1.93 bits per heavy atom. The van der Waals surface area contributed by atoms with Crippen molar-refractivity contribution >= 4 is 11.9 Å². The van der Waals surface area contributed by atoms with Gasteiger partial charge in [0.1, 0.15) is 0 Å². The van der Waals surface area contributed by atoms with Crippen molar-refractivity contribution in [2.75, 3.05) is 6.54 Å². The van der Waals surface area contributed by atoms with Crippen molar-refractivity contribution in [2.45, 2.75) is 26.5 Å². The minimum Gasteiger partial charge on any atom is -0.473 e. The first-order valence-corrected chi connectivity index (χ1v) is 4.78. The lowest BCUT2D eigenvalue weighted by Crippen LogP contribution is -2.35. The summed E-state index contributed by atoms with van der Waals surface area (Å²) in [6.45, 7) is 4.38. The minimum absolute atomic E-state index is 0.113. The van der Waals surface area contributed by atoms with Crippen LogP contribution in [-0.2, 0) is 14.3 Å². The highest BCUT2D eigenvalue weighted by atomic mass is 16.6. The highest BCUT2D eigenvalue weighted by Gasteiger charge is 2.21. The summed E-state index contributed by atoms with van der Waals surface area (Å²) in [5.74, 6) is -2.55. The third kappa shape index (κ3) is 5.34. The summed E-state index contributed by atoms with van der Waals surface area (Å²) in [6, 6.07) is 0. The van der Waals surface area contributed by atoms with Gasteiger partial charge in [-0.3, -0.25) is 5.73 Å². The number of hydrogen-bond donors (Lipinski definition) is 3. The fraction of sp³-hybridized carbons (Fsp3) is 0.778. The Balaban J connectivity index is 4.06. The molecule has 0 radical (unpaired) electrons. The Bertz CT molecular complexity index is 230. The summed E-state index contributed by atoms with van der Waals surface area (Å²) in [5, 5.41) is 8.28. The summed E-state index contributed by atoms with van der Waals surface area (Å²) in [5.41, 5.74) is 11.0. The maximum Gasteiger partial charge on any atom is 0.418 e. The molecule has 0 saturated heterocycles. The van der Waals surface area contributed by atoms with E-state index >= 15 is 0 Å². The van der Waals surface area contributed by atoms with Crippen LogP contribution in [0, 0.1) is 11.8 Å². The number of carboxylic acids is 1. The molecular weight excluding hydrogens is 200 g/mol. The van der Waals surface area contributed by atoms with Gasteiger partial charge in [0.05, 0.1) is 0 Å². The van der Waals surface area contributed by atoms with Crippen molar-refractivity contribution in [1.29, 1.82) is 0 Å². The third-order valence-electron chi connectivity index (χ3n) is 2.21. The summed E-state index contributed by atoms with van der Waals surface area (Å²) in [4.78, 5) is 20.8. The standard InChI is InChI=1S/C9H18N2O4/c1-5(2)6(4-10)3-7(11)15-9(14)8(12)13/h5-7H,3-4,10-11H2,1-2H3,(H,12,13). The molecule has 2 unspecified atom stereocenters. The van der Waals surface area contributed by atoms with E-state index in [0.29, 0.717) is 18.9 Å². The van der Waals surface area contributed by atoms with Crippen LogP contribution in [0.2, 0.25) is 0 Å². The van der Waals surface area contributed by atoms with Crippen molar-refractivity contribution in [3.63, 3.8) is 0 Å². The predicted molar refractivity (Wildman–Crippen MR) is 53.7 cm³/mol. The van der Waals surface area contributed by atoms with E-state index in [0.717, 1.165) is 0 Å². The second-order valence-corrected chi connectivity index (χ2v) is 3.72. The zero-order valence-electron chi connectivity index (χ0n) is 8.97. The number of carbonyl (C=O) groups excluding carboxylic acids is 1. The molecule has 88 valence electrons. The fourth-order valence-electron chi connectivity index (χ4n) is 1.17. The number of esters is 1. The first-order valence-electron chi connectivity index (χ1n) is 4.78. The van der Waals surface area contributed by atoms with E-state index in [1.165, 1.54) is 0 Å². The molecule has 0 bridgehead atoms. The lowest BCUT2D eigenvalue weighted by molar-refractivity contribution is -0.167. The van der Waals surface area contributed by atoms with Crippen LogP contribution < -0.4 is 11.5 Å². The second-order valence-electron chi connectivity index (χ2n) is 3.72. The van der Waals surface area contributed by atoms with Crippen molar-refractivity contribution in [3.8, 4) is 0 Å². The molecule has 0 saturated carbocycles. The quantitative estimate of drug-likeness (QED) is 0.326. The molecule has 0 aromatic heterocycles. The smallest absolute Gasteiger partial charge is 0.418 e. The first-order chi connectivity index (χ1) is 6.88. The topological polar surface area (TPSA) is 116 Å². The number of nitrogens with two attached hydrogens (primary N) is 2. The van der Waals surface area contributed by atoms with Gasteiger partial charge >= 0.3 is 11.9 Å². The Morgan fingerprint density at radius 1 is 1.40 bits per heavy atom. The molecule has 0 aromatic carbocycles. The molecule has 0 heterocycles. The van der Waals surface area contributed by atoms with Crippen LogP contribution in [-0.4, -0.2) is 29.8 Å². The summed E-state index contributed by atoms with van der Waals surface area (Å²) in [7, 11) is 0. The van der Waals surface area contributed by atoms with Crippen LogP contribution in [0.5, 0.6) is 0 Å². The number of hydrogen-bond acceptors (Lipinski definition) is 5. The van der Waals surface area contributed by atoms with Crippen molar-refractivity contribution < 1.29 is 19.4 Å². The normalized spacial score (nSPS) is 14.7. The average molecular weight is 218 g/mol. The lowest BCUT2D eigenvalue weighted by atomic mass is 9.92. The summed E-state index contributed by atoms with van der Waals surface area (Å²) < 4.78 is 4.48. The molecule has 0 aliphatic rings. The number of aliphatic carboxylic acids is 1. The number of ether oxygens (including phenoxy) is 1. The van der Waals surface area contributed by atoms with Gasteiger partial charge in [0.15, 0.2) is 6.23 Å². The van der Waals surface area contributed by atoms with E-state index in [9.17, 15) is 9.59 Å². The van der Waals surface area contributed by atoms with E-state index in [4.69, 9.17) is 16.6 Å². The first kappa shape index (κ1) is 13.9. The van der Waals surface area contributed by atoms with Gasteiger partial charge < -0.3 is 15.6 Å². The maximum absolute atomic E-state index is 10.7. The van der Waals surface area contributed by atoms with Gasteiger partial charge in [0, 0.05) is 6.42 Å². The number of carbonyl (C=O) groups is 2. The van der Waals surface area contributed by atoms with Gasteiger partial charge in [-0.25, -0.2) is 9.59 Å². The lowest BCUT2D eigenvalue weighted by Gasteiger charge is -2.22. The average Bonchev–Trinajstić information content (AvgIpc) is 2.13. The highest BCUT2D eigenvalue weighted by molar-refractivity contribution is 6.28. The molecule has 0 aromatic rings. The van der Waals surface area contributed by atoms with E-state index in [1.54, 1.807) is 0 Å². The third-order valence-corrected chi connectivity index (χ3v) is 2.21. The van der Waals surface area contributed by atoms with E-state index in [2.05, 4.69) is 4.74 Å². The molecular formula is C9H18N2O4. The minimum atomic E-state index is -1.64. The Labute approximate surface area is 88.6 Å². The zero-order valence-corrected chi connectivity index (χ0v) is 8.97. The summed E-state index contributed by atoms with van der Waals surface area (Å²) >= 11 is 0. The van der Waals surface area contributed by atoms with Gasteiger partial charge in [0.2, 0.25) is 0 Å². The zero-order chi connectivity index (χ0) is 12.0. The Morgan fingerprint density at radius 3 is 2.27 bits per heavy atom. The van der Waals surface area contributed by atoms with Gasteiger partial charge in [-0.15, -0.1) is 0 Å². The van der Waals surface area contributed by atoms with Crippen molar-refractivity contribution in [2.24, 2.45) is 23.3 Å². The molecule has 6 heteroatoms. The number of carboxylic acid groups (broad SMARTS) is 1. The fourth-order valence-corrected chi connectivity index (χ4v) is 1.17. The maximum atomic E-state index is 10.7. The largest absolute Gasteiger partial charge is 0.473 e. The van der Waals surface area contributed by atoms with Crippen LogP contribution in [0.1, 0.15) is 20.3 Å². The van der Waals surface area contributed by atoms with Gasteiger partial charge in [-0.2, -0.15) is 0 Å². The van der Waals surface area contributed by atoms with Crippen LogP contribution in [0.25, 0.3) is 0 Å². The SMILES string of the molecule is CC(C)C(CN)CC(N)OC(=O)C(=O)O. The van der Waals surface area contributed by atoms with Crippen LogP contribution in [0.4, 0.5) is 0 Å². The van der Waals surface area contributed by atoms with E-state index in [1.807, 2.05) is 13.8 Å². The van der Waals surface area contributed by atoms with Gasteiger partial charge in [-0.1, -0.05) is 13.8 Å². The highest BCUT2D eigenvalue weighted by Crippen LogP contribution is 2.15. The van der Waals surface area contributed by atoms with Crippen LogP contribution in [0.3, 0.4) is 0 Å². The summed E-state index contributed by atoms with van der Waals surface area (Å²) in [6.07, 6.45) is -0.544. The Kier molecular flexibility index (Phi) is 5.88. The second kappa shape index (κ2) is 6.36. The van der Waals surface area contributed by atoms with Crippen molar-refractivity contribution in [3.05, 3.63) is 0 Å². The molecule has 0 aliphatic heterocycles. The molecule has 6 nitrogen and oxygen atoms in total. The molecule has 0 rings (SSSR count). The van der Waals surface area contributed by atoms with E-state index in [-0.39, 0.29) is 5.92 Å². The van der Waals surface area contributed by atoms with Crippen LogP contribution >= 0.6 is 0 Å². The molecule has 0 amide bonds. The molecule has 2 atom stereocenters. The molecule has 0 spiro atoms. The van der Waals surface area contributed by atoms with Crippen LogP contribution in [0.15, 0.2) is 0 Å². The molecule has 15 heavy (non-hydrogen) atoms. The molecule has 5 N–H and O–H groups in total. The van der Waals surface area contributed by atoms with Crippen molar-refractivity contribution in [1.82, 2.24) is 0 Å². The molecule has 0 fully saturated rings. The Hall–Kier alpha value is -1.14.